The van der Waals surface area contributed by atoms with Crippen molar-refractivity contribution in [3.05, 3.63) is 30.2 Å². The molecule has 1 aliphatic heterocycles. The molecule has 102 valence electrons. The second-order valence-corrected chi connectivity index (χ2v) is 5.41. The minimum atomic E-state index is 0.452. The monoisotopic (exact) mass is 259 g/mol. The van der Waals surface area contributed by atoms with Crippen LogP contribution in [-0.4, -0.2) is 35.6 Å². The summed E-state index contributed by atoms with van der Waals surface area (Å²) in [4.78, 5) is 7.07. The van der Waals surface area contributed by atoms with Gasteiger partial charge in [-0.25, -0.2) is 4.98 Å². The molecule has 2 aromatic rings. The predicted octanol–water partition coefficient (Wildman–Crippen LogP) is 2.35. The number of para-hydroxylation sites is 2. The zero-order chi connectivity index (χ0) is 13.2. The van der Waals surface area contributed by atoms with Crippen molar-refractivity contribution in [1.82, 2.24) is 9.88 Å². The standard InChI is InChI=1S/C15H21N3O/c1-11(10-16)18-8-6-12(7-9-18)15-17-13-4-2-3-5-14(13)19-15/h2-5,11-12H,6-10,16H2,1H3. The molecule has 2 N–H and O–H groups in total. The van der Waals surface area contributed by atoms with Gasteiger partial charge in [-0.15, -0.1) is 0 Å². The van der Waals surface area contributed by atoms with E-state index in [0.29, 0.717) is 12.0 Å². The largest absolute Gasteiger partial charge is 0.440 e. The summed E-state index contributed by atoms with van der Waals surface area (Å²) in [6, 6.07) is 8.46. The Morgan fingerprint density at radius 3 is 2.79 bits per heavy atom. The number of oxazole rings is 1. The van der Waals surface area contributed by atoms with Crippen LogP contribution in [0.15, 0.2) is 28.7 Å². The average molecular weight is 259 g/mol. The van der Waals surface area contributed by atoms with E-state index in [1.807, 2.05) is 24.3 Å². The molecule has 4 heteroatoms. The molecule has 4 nitrogen and oxygen atoms in total. The summed E-state index contributed by atoms with van der Waals surface area (Å²) < 4.78 is 5.88. The second-order valence-electron chi connectivity index (χ2n) is 5.41. The molecule has 1 aliphatic rings. The summed E-state index contributed by atoms with van der Waals surface area (Å²) >= 11 is 0. The highest BCUT2D eigenvalue weighted by Crippen LogP contribution is 2.30. The lowest BCUT2D eigenvalue weighted by Crippen LogP contribution is -2.43. The van der Waals surface area contributed by atoms with Crippen LogP contribution in [0.25, 0.3) is 11.1 Å². The zero-order valence-electron chi connectivity index (χ0n) is 11.4. The Balaban J connectivity index is 1.71. The molecule has 1 fully saturated rings. The average Bonchev–Trinajstić information content (AvgIpc) is 2.90. The van der Waals surface area contributed by atoms with Crippen LogP contribution in [-0.2, 0) is 0 Å². The Kier molecular flexibility index (Phi) is 3.53. The van der Waals surface area contributed by atoms with Gasteiger partial charge in [-0.05, 0) is 45.0 Å². The van der Waals surface area contributed by atoms with Crippen LogP contribution < -0.4 is 5.73 Å². The van der Waals surface area contributed by atoms with Gasteiger partial charge < -0.3 is 10.2 Å². The molecule has 1 saturated heterocycles. The number of benzene rings is 1. The molecule has 0 saturated carbocycles. The van der Waals surface area contributed by atoms with Crippen LogP contribution >= 0.6 is 0 Å². The third-order valence-corrected chi connectivity index (χ3v) is 4.15. The van der Waals surface area contributed by atoms with Gasteiger partial charge in [0.15, 0.2) is 11.5 Å². The second kappa shape index (κ2) is 5.31. The Bertz CT molecular complexity index is 510. The number of nitrogens with zero attached hydrogens (tertiary/aromatic N) is 2. The Morgan fingerprint density at radius 2 is 2.11 bits per heavy atom. The molecule has 2 heterocycles. The fraction of sp³-hybridized carbons (Fsp3) is 0.533. The van der Waals surface area contributed by atoms with Gasteiger partial charge in [0.05, 0.1) is 0 Å². The number of aromatic nitrogens is 1. The number of hydrogen-bond donors (Lipinski definition) is 1. The van der Waals surface area contributed by atoms with Crippen molar-refractivity contribution in [3.63, 3.8) is 0 Å². The first-order chi connectivity index (χ1) is 9.28. The highest BCUT2D eigenvalue weighted by Gasteiger charge is 2.26. The molecule has 19 heavy (non-hydrogen) atoms. The third-order valence-electron chi connectivity index (χ3n) is 4.15. The fourth-order valence-electron chi connectivity index (χ4n) is 2.80. The summed E-state index contributed by atoms with van der Waals surface area (Å²) in [5.74, 6) is 1.36. The van der Waals surface area contributed by atoms with Crippen molar-refractivity contribution >= 4 is 11.1 Å². The molecule has 1 unspecified atom stereocenters. The van der Waals surface area contributed by atoms with E-state index >= 15 is 0 Å². The van der Waals surface area contributed by atoms with E-state index in [1.54, 1.807) is 0 Å². The molecular formula is C15H21N3O. The minimum absolute atomic E-state index is 0.452. The SMILES string of the molecule is CC(CN)N1CCC(c2nc3ccccc3o2)CC1. The predicted molar refractivity (Wildman–Crippen MR) is 76.1 cm³/mol. The summed E-state index contributed by atoms with van der Waals surface area (Å²) in [5.41, 5.74) is 7.59. The number of fused-ring (bicyclic) bond motifs is 1. The molecule has 0 aliphatic carbocycles. The van der Waals surface area contributed by atoms with E-state index < -0.39 is 0 Å². The maximum Gasteiger partial charge on any atom is 0.198 e. The Morgan fingerprint density at radius 1 is 1.37 bits per heavy atom. The maximum absolute atomic E-state index is 5.88. The van der Waals surface area contributed by atoms with Crippen LogP contribution in [0, 0.1) is 0 Å². The topological polar surface area (TPSA) is 55.3 Å². The lowest BCUT2D eigenvalue weighted by atomic mass is 9.96. The molecule has 1 aromatic carbocycles. The summed E-state index contributed by atoms with van der Waals surface area (Å²) in [6.45, 7) is 5.09. The van der Waals surface area contributed by atoms with E-state index in [1.165, 1.54) is 0 Å². The summed E-state index contributed by atoms with van der Waals surface area (Å²) in [6.07, 6.45) is 2.22. The smallest absolute Gasteiger partial charge is 0.198 e. The summed E-state index contributed by atoms with van der Waals surface area (Å²) in [5, 5.41) is 0. The first-order valence-electron chi connectivity index (χ1n) is 7.07. The Labute approximate surface area is 113 Å². The van der Waals surface area contributed by atoms with Gasteiger partial charge in [0.25, 0.3) is 0 Å². The molecule has 3 rings (SSSR count). The van der Waals surface area contributed by atoms with E-state index in [0.717, 1.165) is 49.5 Å². The van der Waals surface area contributed by atoms with Crippen LogP contribution in [0.2, 0.25) is 0 Å². The van der Waals surface area contributed by atoms with Gasteiger partial charge in [0, 0.05) is 18.5 Å². The minimum Gasteiger partial charge on any atom is -0.440 e. The van der Waals surface area contributed by atoms with E-state index in [4.69, 9.17) is 10.2 Å². The maximum atomic E-state index is 5.88. The lowest BCUT2D eigenvalue weighted by molar-refractivity contribution is 0.158. The molecule has 0 radical (unpaired) electrons. The number of rotatable bonds is 3. The molecule has 0 bridgehead atoms. The van der Waals surface area contributed by atoms with Crippen molar-refractivity contribution in [1.29, 1.82) is 0 Å². The number of piperidine rings is 1. The molecule has 1 atom stereocenters. The number of likely N-dealkylation sites (tertiary alicyclic amines) is 1. The normalized spacial score (nSPS) is 19.9. The number of nitrogens with two attached hydrogens (primary N) is 1. The van der Waals surface area contributed by atoms with Crippen LogP contribution in [0.1, 0.15) is 31.6 Å². The molecule has 1 aromatic heterocycles. The first-order valence-corrected chi connectivity index (χ1v) is 7.07. The van der Waals surface area contributed by atoms with Crippen LogP contribution in [0.5, 0.6) is 0 Å². The van der Waals surface area contributed by atoms with Gasteiger partial charge in [0.2, 0.25) is 0 Å². The quantitative estimate of drug-likeness (QED) is 0.919. The zero-order valence-corrected chi connectivity index (χ0v) is 11.4. The van der Waals surface area contributed by atoms with Gasteiger partial charge in [-0.1, -0.05) is 12.1 Å². The van der Waals surface area contributed by atoms with E-state index in [-0.39, 0.29) is 0 Å². The first kappa shape index (κ1) is 12.6. The van der Waals surface area contributed by atoms with Gasteiger partial charge in [0.1, 0.15) is 5.52 Å². The highest BCUT2D eigenvalue weighted by atomic mass is 16.3. The fourth-order valence-corrected chi connectivity index (χ4v) is 2.80. The van der Waals surface area contributed by atoms with Gasteiger partial charge in [-0.2, -0.15) is 0 Å². The molecular weight excluding hydrogens is 238 g/mol. The highest BCUT2D eigenvalue weighted by molar-refractivity contribution is 5.72. The molecule has 0 amide bonds. The van der Waals surface area contributed by atoms with Crippen molar-refractivity contribution < 1.29 is 4.42 Å². The van der Waals surface area contributed by atoms with Crippen LogP contribution in [0.3, 0.4) is 0 Å². The Hall–Kier alpha value is -1.39. The lowest BCUT2D eigenvalue weighted by Gasteiger charge is -2.34. The van der Waals surface area contributed by atoms with E-state index in [2.05, 4.69) is 16.8 Å². The van der Waals surface area contributed by atoms with Gasteiger partial charge in [-0.3, -0.25) is 4.90 Å². The van der Waals surface area contributed by atoms with Crippen molar-refractivity contribution in [2.24, 2.45) is 5.73 Å². The van der Waals surface area contributed by atoms with Crippen LogP contribution in [0.4, 0.5) is 0 Å². The third kappa shape index (κ3) is 2.51. The van der Waals surface area contributed by atoms with Crippen molar-refractivity contribution in [2.75, 3.05) is 19.6 Å². The van der Waals surface area contributed by atoms with Crippen molar-refractivity contribution in [3.8, 4) is 0 Å². The van der Waals surface area contributed by atoms with Crippen molar-refractivity contribution in [2.45, 2.75) is 31.7 Å². The molecule has 0 spiro atoms. The van der Waals surface area contributed by atoms with Gasteiger partial charge >= 0.3 is 0 Å². The van der Waals surface area contributed by atoms with E-state index in [9.17, 15) is 0 Å². The summed E-state index contributed by atoms with van der Waals surface area (Å²) in [7, 11) is 0. The number of hydrogen-bond acceptors (Lipinski definition) is 4.